The van der Waals surface area contributed by atoms with Gasteiger partial charge in [0.05, 0.1) is 6.04 Å². The third kappa shape index (κ3) is 3.15. The Hall–Kier alpha value is -0.940. The Morgan fingerprint density at radius 2 is 1.95 bits per heavy atom. The molecule has 1 aliphatic rings. The lowest BCUT2D eigenvalue weighted by Gasteiger charge is -2.20. The highest BCUT2D eigenvalue weighted by Crippen LogP contribution is 2.39. The summed E-state index contributed by atoms with van der Waals surface area (Å²) in [6.45, 7) is 9.25. The summed E-state index contributed by atoms with van der Waals surface area (Å²) >= 11 is 0. The zero-order chi connectivity index (χ0) is 13.9. The normalized spacial score (nSPS) is 20.1. The Balaban J connectivity index is 2.04. The number of nitrogens with two attached hydrogens (primary N) is 1. The van der Waals surface area contributed by atoms with Crippen molar-refractivity contribution in [1.82, 2.24) is 15.0 Å². The fraction of sp³-hybridized carbons (Fsp3) is 0.857. The Kier molecular flexibility index (Phi) is 4.58. The molecule has 0 spiro atoms. The summed E-state index contributed by atoms with van der Waals surface area (Å²) in [5.41, 5.74) is 6.25. The first kappa shape index (κ1) is 14.5. The smallest absolute Gasteiger partial charge is 0.232 e. The van der Waals surface area contributed by atoms with Gasteiger partial charge < -0.3 is 15.2 Å². The molecule has 108 valence electrons. The van der Waals surface area contributed by atoms with Gasteiger partial charge in [-0.3, -0.25) is 0 Å². The number of aromatic nitrogens is 2. The molecule has 5 heteroatoms. The fourth-order valence-electron chi connectivity index (χ4n) is 2.84. The van der Waals surface area contributed by atoms with E-state index in [1.165, 1.54) is 12.8 Å². The van der Waals surface area contributed by atoms with Crippen LogP contribution in [-0.4, -0.2) is 34.7 Å². The molecule has 0 amide bonds. The van der Waals surface area contributed by atoms with Gasteiger partial charge in [0, 0.05) is 12.0 Å². The van der Waals surface area contributed by atoms with Crippen molar-refractivity contribution < 1.29 is 4.52 Å². The molecule has 2 rings (SSSR count). The van der Waals surface area contributed by atoms with Gasteiger partial charge in [-0.05, 0) is 25.9 Å². The summed E-state index contributed by atoms with van der Waals surface area (Å²) in [6.07, 6.45) is 4.78. The van der Waals surface area contributed by atoms with E-state index >= 15 is 0 Å². The van der Waals surface area contributed by atoms with Crippen LogP contribution < -0.4 is 5.73 Å². The van der Waals surface area contributed by atoms with Crippen LogP contribution in [0.2, 0.25) is 0 Å². The predicted molar refractivity (Wildman–Crippen MR) is 74.8 cm³/mol. The number of likely N-dealkylation sites (N-methyl/N-ethyl adjacent to an activating group) is 1. The molecule has 1 atom stereocenters. The van der Waals surface area contributed by atoms with Gasteiger partial charge in [-0.25, -0.2) is 0 Å². The van der Waals surface area contributed by atoms with Crippen molar-refractivity contribution in [2.24, 2.45) is 5.73 Å². The largest absolute Gasteiger partial charge is 0.339 e. The van der Waals surface area contributed by atoms with E-state index in [0.29, 0.717) is 5.82 Å². The van der Waals surface area contributed by atoms with Gasteiger partial charge in [-0.2, -0.15) is 4.98 Å². The lowest BCUT2D eigenvalue weighted by molar-refractivity contribution is 0.273. The van der Waals surface area contributed by atoms with Crippen molar-refractivity contribution in [1.29, 1.82) is 0 Å². The summed E-state index contributed by atoms with van der Waals surface area (Å²) in [5.74, 6) is 1.42. The van der Waals surface area contributed by atoms with Crippen molar-refractivity contribution in [2.45, 2.75) is 57.9 Å². The zero-order valence-electron chi connectivity index (χ0n) is 12.4. The van der Waals surface area contributed by atoms with Crippen LogP contribution in [-0.2, 0) is 5.41 Å². The summed E-state index contributed by atoms with van der Waals surface area (Å²) in [7, 11) is 0. The lowest BCUT2D eigenvalue weighted by Crippen LogP contribution is -2.32. The molecule has 1 aromatic rings. The Morgan fingerprint density at radius 3 is 2.53 bits per heavy atom. The first-order valence-electron chi connectivity index (χ1n) is 7.41. The van der Waals surface area contributed by atoms with E-state index < -0.39 is 0 Å². The quantitative estimate of drug-likeness (QED) is 0.855. The highest BCUT2D eigenvalue weighted by Gasteiger charge is 2.36. The van der Waals surface area contributed by atoms with Crippen LogP contribution >= 0.6 is 0 Å². The Morgan fingerprint density at radius 1 is 1.32 bits per heavy atom. The van der Waals surface area contributed by atoms with Crippen LogP contribution in [0.15, 0.2) is 4.52 Å². The van der Waals surface area contributed by atoms with Crippen LogP contribution in [0.1, 0.15) is 64.2 Å². The van der Waals surface area contributed by atoms with E-state index in [-0.39, 0.29) is 11.5 Å². The first-order valence-corrected chi connectivity index (χ1v) is 7.41. The topological polar surface area (TPSA) is 68.2 Å². The minimum Gasteiger partial charge on any atom is -0.339 e. The van der Waals surface area contributed by atoms with Crippen molar-refractivity contribution in [3.63, 3.8) is 0 Å². The molecule has 0 aromatic carbocycles. The molecular formula is C14H26N4O. The van der Waals surface area contributed by atoms with E-state index in [9.17, 15) is 0 Å². The van der Waals surface area contributed by atoms with E-state index in [4.69, 9.17) is 10.3 Å². The third-order valence-electron chi connectivity index (χ3n) is 4.35. The zero-order valence-corrected chi connectivity index (χ0v) is 12.4. The summed E-state index contributed by atoms with van der Waals surface area (Å²) in [6, 6.07) is -0.164. The van der Waals surface area contributed by atoms with Crippen LogP contribution in [0.5, 0.6) is 0 Å². The van der Waals surface area contributed by atoms with Gasteiger partial charge in [0.15, 0.2) is 5.82 Å². The second-order valence-electron chi connectivity index (χ2n) is 5.82. The van der Waals surface area contributed by atoms with Gasteiger partial charge in [-0.15, -0.1) is 0 Å². The van der Waals surface area contributed by atoms with Crippen LogP contribution in [0.4, 0.5) is 0 Å². The Bertz CT molecular complexity index is 394. The number of nitrogens with zero attached hydrogens (tertiary/aromatic N) is 3. The third-order valence-corrected chi connectivity index (χ3v) is 4.35. The monoisotopic (exact) mass is 266 g/mol. The van der Waals surface area contributed by atoms with Gasteiger partial charge >= 0.3 is 0 Å². The van der Waals surface area contributed by atoms with Crippen LogP contribution in [0, 0.1) is 0 Å². The Labute approximate surface area is 115 Å². The summed E-state index contributed by atoms with van der Waals surface area (Å²) in [5, 5.41) is 4.09. The second kappa shape index (κ2) is 6.01. The molecule has 1 heterocycles. The lowest BCUT2D eigenvalue weighted by atomic mass is 9.89. The molecule has 0 radical (unpaired) electrons. The van der Waals surface area contributed by atoms with E-state index in [2.05, 4.69) is 35.8 Å². The molecule has 0 bridgehead atoms. The molecule has 1 unspecified atom stereocenters. The fourth-order valence-corrected chi connectivity index (χ4v) is 2.84. The molecule has 1 aromatic heterocycles. The van der Waals surface area contributed by atoms with Gasteiger partial charge in [0.25, 0.3) is 0 Å². The average molecular weight is 266 g/mol. The maximum Gasteiger partial charge on any atom is 0.232 e. The molecule has 0 saturated heterocycles. The highest BCUT2D eigenvalue weighted by molar-refractivity contribution is 5.07. The van der Waals surface area contributed by atoms with Crippen molar-refractivity contribution in [2.75, 3.05) is 19.6 Å². The second-order valence-corrected chi connectivity index (χ2v) is 5.82. The van der Waals surface area contributed by atoms with Crippen LogP contribution in [0.25, 0.3) is 0 Å². The van der Waals surface area contributed by atoms with Crippen LogP contribution in [0.3, 0.4) is 0 Å². The average Bonchev–Trinajstić information content (AvgIpc) is 3.05. The molecule has 5 nitrogen and oxygen atoms in total. The number of hydrogen-bond acceptors (Lipinski definition) is 5. The molecule has 0 aliphatic heterocycles. The van der Waals surface area contributed by atoms with E-state index in [0.717, 1.165) is 38.4 Å². The summed E-state index contributed by atoms with van der Waals surface area (Å²) in [4.78, 5) is 6.83. The molecule has 19 heavy (non-hydrogen) atoms. The maximum absolute atomic E-state index is 6.18. The standard InChI is InChI=1S/C14H26N4O/c1-4-18(5-2)10-11(15)12-16-13(19-17-12)14(3)8-6-7-9-14/h11H,4-10,15H2,1-3H3. The molecule has 1 saturated carbocycles. The van der Waals surface area contributed by atoms with Gasteiger partial charge in [-0.1, -0.05) is 38.8 Å². The minimum absolute atomic E-state index is 0.0696. The van der Waals surface area contributed by atoms with Gasteiger partial charge in [0.1, 0.15) is 0 Å². The molecule has 1 fully saturated rings. The highest BCUT2D eigenvalue weighted by atomic mass is 16.5. The van der Waals surface area contributed by atoms with Crippen molar-refractivity contribution >= 4 is 0 Å². The molecule has 1 aliphatic carbocycles. The maximum atomic E-state index is 6.18. The molecular weight excluding hydrogens is 240 g/mol. The van der Waals surface area contributed by atoms with E-state index in [1.807, 2.05) is 0 Å². The van der Waals surface area contributed by atoms with Gasteiger partial charge in [0.2, 0.25) is 5.89 Å². The number of rotatable bonds is 6. The minimum atomic E-state index is -0.164. The predicted octanol–water partition coefficient (Wildman–Crippen LogP) is 2.24. The first-order chi connectivity index (χ1) is 9.09. The number of hydrogen-bond donors (Lipinski definition) is 1. The van der Waals surface area contributed by atoms with Crippen molar-refractivity contribution in [3.05, 3.63) is 11.7 Å². The van der Waals surface area contributed by atoms with E-state index in [1.54, 1.807) is 0 Å². The molecule has 2 N–H and O–H groups in total. The summed E-state index contributed by atoms with van der Waals surface area (Å²) < 4.78 is 5.46. The van der Waals surface area contributed by atoms with Crippen molar-refractivity contribution in [3.8, 4) is 0 Å². The SMILES string of the molecule is CCN(CC)CC(N)c1noc(C2(C)CCCC2)n1.